The van der Waals surface area contributed by atoms with E-state index in [9.17, 15) is 19.5 Å². The number of nitrogens with zero attached hydrogens (tertiary/aromatic N) is 1. The normalized spacial score (nSPS) is 14.0. The van der Waals surface area contributed by atoms with Crippen molar-refractivity contribution in [2.24, 2.45) is 0 Å². The van der Waals surface area contributed by atoms with Crippen LogP contribution in [0.25, 0.3) is 0 Å². The van der Waals surface area contributed by atoms with Crippen molar-refractivity contribution in [3.8, 4) is 5.75 Å². The fourth-order valence-corrected chi connectivity index (χ4v) is 2.60. The molecule has 0 unspecified atom stereocenters. The molecule has 1 aliphatic heterocycles. The van der Waals surface area contributed by atoms with Gasteiger partial charge < -0.3 is 25.4 Å². The zero-order valence-electron chi connectivity index (χ0n) is 14.6. The van der Waals surface area contributed by atoms with E-state index in [-0.39, 0.29) is 19.1 Å². The predicted molar refractivity (Wildman–Crippen MR) is 98.4 cm³/mol. The van der Waals surface area contributed by atoms with E-state index in [1.165, 1.54) is 4.90 Å². The van der Waals surface area contributed by atoms with Crippen molar-refractivity contribution >= 4 is 29.1 Å². The molecule has 2 aromatic rings. The van der Waals surface area contributed by atoms with E-state index >= 15 is 0 Å². The summed E-state index contributed by atoms with van der Waals surface area (Å²) in [6, 6.07) is 13.6. The number of nitrogens with one attached hydrogen (secondary N) is 2. The lowest BCUT2D eigenvalue weighted by atomic mass is 10.1. The van der Waals surface area contributed by atoms with Crippen molar-refractivity contribution in [2.75, 3.05) is 30.4 Å². The van der Waals surface area contributed by atoms with Crippen molar-refractivity contribution in [1.29, 1.82) is 0 Å². The number of amides is 3. The molecule has 3 amide bonds. The van der Waals surface area contributed by atoms with Crippen LogP contribution in [0.1, 0.15) is 11.7 Å². The molecule has 1 heterocycles. The fourth-order valence-electron chi connectivity index (χ4n) is 2.60. The summed E-state index contributed by atoms with van der Waals surface area (Å²) in [5, 5.41) is 14.9. The van der Waals surface area contributed by atoms with Crippen LogP contribution in [0.5, 0.6) is 5.75 Å². The van der Waals surface area contributed by atoms with Crippen LogP contribution in [0, 0.1) is 0 Å². The number of carbonyl (C=O) groups excluding carboxylic acids is 3. The van der Waals surface area contributed by atoms with Gasteiger partial charge in [-0.05, 0) is 23.8 Å². The van der Waals surface area contributed by atoms with Gasteiger partial charge in [0.1, 0.15) is 5.75 Å². The molecule has 140 valence electrons. The van der Waals surface area contributed by atoms with Crippen LogP contribution in [-0.2, 0) is 14.4 Å². The van der Waals surface area contributed by atoms with E-state index in [0.29, 0.717) is 22.7 Å². The average molecular weight is 369 g/mol. The third-order valence-corrected chi connectivity index (χ3v) is 4.15. The van der Waals surface area contributed by atoms with Gasteiger partial charge in [-0.15, -0.1) is 0 Å². The zero-order chi connectivity index (χ0) is 19.4. The first-order chi connectivity index (χ1) is 13.0. The number of anilines is 2. The number of carbonyl (C=O) groups is 3. The van der Waals surface area contributed by atoms with Crippen molar-refractivity contribution in [3.63, 3.8) is 0 Å². The highest BCUT2D eigenvalue weighted by atomic mass is 16.5. The van der Waals surface area contributed by atoms with E-state index in [2.05, 4.69) is 10.6 Å². The van der Waals surface area contributed by atoms with Gasteiger partial charge in [0.2, 0.25) is 0 Å². The second-order valence-electron chi connectivity index (χ2n) is 6.01. The van der Waals surface area contributed by atoms with E-state index < -0.39 is 17.9 Å². The molecule has 0 saturated heterocycles. The van der Waals surface area contributed by atoms with E-state index in [0.717, 1.165) is 0 Å². The van der Waals surface area contributed by atoms with Crippen molar-refractivity contribution in [3.05, 3.63) is 54.1 Å². The van der Waals surface area contributed by atoms with Crippen LogP contribution < -0.4 is 20.3 Å². The summed E-state index contributed by atoms with van der Waals surface area (Å²) in [7, 11) is 1.60. The Morgan fingerprint density at radius 2 is 1.93 bits per heavy atom. The van der Waals surface area contributed by atoms with Crippen LogP contribution in [0.2, 0.25) is 0 Å². The number of rotatable bonds is 4. The maximum Gasteiger partial charge on any atom is 0.313 e. The minimum Gasteiger partial charge on any atom is -0.482 e. The number of benzene rings is 2. The van der Waals surface area contributed by atoms with Gasteiger partial charge in [-0.25, -0.2) is 0 Å². The van der Waals surface area contributed by atoms with Gasteiger partial charge in [-0.2, -0.15) is 0 Å². The molecule has 0 fully saturated rings. The molecule has 8 nitrogen and oxygen atoms in total. The van der Waals surface area contributed by atoms with E-state index in [1.807, 2.05) is 6.07 Å². The topological polar surface area (TPSA) is 108 Å². The Labute approximate surface area is 155 Å². The van der Waals surface area contributed by atoms with E-state index in [4.69, 9.17) is 4.74 Å². The number of aliphatic hydroxyl groups is 1. The molecule has 1 atom stereocenters. The van der Waals surface area contributed by atoms with Crippen LogP contribution in [0.3, 0.4) is 0 Å². The molecule has 0 aliphatic carbocycles. The van der Waals surface area contributed by atoms with Gasteiger partial charge in [0, 0.05) is 19.3 Å². The molecule has 3 N–H and O–H groups in total. The van der Waals surface area contributed by atoms with Gasteiger partial charge in [0.05, 0.1) is 11.8 Å². The number of aliphatic hydroxyl groups excluding tert-OH is 1. The third kappa shape index (κ3) is 4.24. The lowest BCUT2D eigenvalue weighted by Crippen LogP contribution is -2.38. The molecule has 27 heavy (non-hydrogen) atoms. The number of ether oxygens (including phenoxy) is 1. The Kier molecular flexibility index (Phi) is 5.37. The highest BCUT2D eigenvalue weighted by molar-refractivity contribution is 6.39. The molecule has 0 bridgehead atoms. The van der Waals surface area contributed by atoms with Crippen LogP contribution >= 0.6 is 0 Å². The molecule has 0 saturated carbocycles. The van der Waals surface area contributed by atoms with Gasteiger partial charge >= 0.3 is 11.8 Å². The fraction of sp³-hybridized carbons (Fsp3) is 0.211. The summed E-state index contributed by atoms with van der Waals surface area (Å²) in [4.78, 5) is 37.1. The van der Waals surface area contributed by atoms with Crippen molar-refractivity contribution in [2.45, 2.75) is 6.10 Å². The van der Waals surface area contributed by atoms with Gasteiger partial charge in [-0.1, -0.05) is 30.3 Å². The Bertz CT molecular complexity index is 869. The summed E-state index contributed by atoms with van der Waals surface area (Å²) in [6.45, 7) is -0.132. The Morgan fingerprint density at radius 1 is 1.19 bits per heavy atom. The first-order valence-electron chi connectivity index (χ1n) is 8.31. The maximum absolute atomic E-state index is 12.1. The maximum atomic E-state index is 12.1. The van der Waals surface area contributed by atoms with Crippen molar-refractivity contribution < 1.29 is 24.2 Å². The quantitative estimate of drug-likeness (QED) is 0.692. The van der Waals surface area contributed by atoms with Crippen LogP contribution in [-0.4, -0.2) is 43.0 Å². The monoisotopic (exact) mass is 369 g/mol. The third-order valence-electron chi connectivity index (χ3n) is 4.15. The van der Waals surface area contributed by atoms with Gasteiger partial charge in [-0.3, -0.25) is 14.4 Å². The number of likely N-dealkylation sites (N-methyl/N-ethyl adjacent to an activating group) is 1. The molecule has 0 aromatic heterocycles. The lowest BCUT2D eigenvalue weighted by molar-refractivity contribution is -0.136. The van der Waals surface area contributed by atoms with Crippen LogP contribution in [0.4, 0.5) is 11.4 Å². The lowest BCUT2D eigenvalue weighted by Gasteiger charge is -2.26. The van der Waals surface area contributed by atoms with Crippen LogP contribution in [0.15, 0.2) is 48.5 Å². The number of fused-ring (bicyclic) bond motifs is 1. The standard InChI is InChI=1S/C19H19N3O5/c1-22-14-9-13(7-8-16(14)27-11-17(22)24)21-19(26)18(25)20-10-15(23)12-5-3-2-4-6-12/h2-9,15,23H,10-11H2,1H3,(H,20,25)(H,21,26)/t15-/m0/s1. The zero-order valence-corrected chi connectivity index (χ0v) is 14.6. The molecular weight excluding hydrogens is 350 g/mol. The number of hydrogen-bond donors (Lipinski definition) is 3. The smallest absolute Gasteiger partial charge is 0.313 e. The molecule has 8 heteroatoms. The Morgan fingerprint density at radius 3 is 2.67 bits per heavy atom. The summed E-state index contributed by atoms with van der Waals surface area (Å²) < 4.78 is 5.31. The Hall–Kier alpha value is -3.39. The molecule has 3 rings (SSSR count). The minimum absolute atomic E-state index is 0.0403. The second kappa shape index (κ2) is 7.88. The van der Waals surface area contributed by atoms with E-state index in [1.54, 1.807) is 49.5 Å². The highest BCUT2D eigenvalue weighted by Crippen LogP contribution is 2.33. The number of hydrogen-bond acceptors (Lipinski definition) is 5. The summed E-state index contributed by atoms with van der Waals surface area (Å²) >= 11 is 0. The summed E-state index contributed by atoms with van der Waals surface area (Å²) in [6.07, 6.45) is -0.913. The average Bonchev–Trinajstić information content (AvgIpc) is 2.69. The van der Waals surface area contributed by atoms with Crippen molar-refractivity contribution in [1.82, 2.24) is 5.32 Å². The first kappa shape index (κ1) is 18.4. The molecule has 1 aliphatic rings. The highest BCUT2D eigenvalue weighted by Gasteiger charge is 2.23. The molecule has 2 aromatic carbocycles. The first-order valence-corrected chi connectivity index (χ1v) is 8.31. The Balaban J connectivity index is 1.59. The predicted octanol–water partition coefficient (Wildman–Crippen LogP) is 0.830. The minimum atomic E-state index is -0.913. The molecule has 0 radical (unpaired) electrons. The molecular formula is C19H19N3O5. The van der Waals surface area contributed by atoms with Gasteiger partial charge in [0.25, 0.3) is 5.91 Å². The second-order valence-corrected chi connectivity index (χ2v) is 6.01. The summed E-state index contributed by atoms with van der Waals surface area (Å²) in [5.41, 5.74) is 1.49. The SMILES string of the molecule is CN1C(=O)COc2ccc(NC(=O)C(=O)NC[C@H](O)c3ccccc3)cc21. The molecule has 0 spiro atoms. The summed E-state index contributed by atoms with van der Waals surface area (Å²) in [5.74, 6) is -1.44. The largest absolute Gasteiger partial charge is 0.482 e. The van der Waals surface area contributed by atoms with Gasteiger partial charge in [0.15, 0.2) is 6.61 Å².